The summed E-state index contributed by atoms with van der Waals surface area (Å²) >= 11 is 0. The highest BCUT2D eigenvalue weighted by Gasteiger charge is 2.17. The Morgan fingerprint density at radius 2 is 1.41 bits per heavy atom. The largest absolute Gasteiger partial charge is 0.330 e. The highest BCUT2D eigenvalue weighted by atomic mass is 19.1. The Morgan fingerprint density at radius 3 is 2.03 bits per heavy atom. The second kappa shape index (κ2) is 16.7. The van der Waals surface area contributed by atoms with Gasteiger partial charge in [-0.25, -0.2) is 8.78 Å². The normalized spacial score (nSPS) is 12.6. The molecule has 0 radical (unpaired) electrons. The summed E-state index contributed by atoms with van der Waals surface area (Å²) < 4.78 is 44.1. The lowest BCUT2D eigenvalue weighted by molar-refractivity contribution is -0.302. The third-order valence-electron chi connectivity index (χ3n) is 5.03. The molecule has 1 aromatic rings. The van der Waals surface area contributed by atoms with E-state index in [1.807, 2.05) is 13.8 Å². The molecule has 0 aliphatic heterocycles. The second-order valence-electron chi connectivity index (χ2n) is 7.50. The van der Waals surface area contributed by atoms with Crippen LogP contribution in [0.25, 0.3) is 0 Å². The van der Waals surface area contributed by atoms with Gasteiger partial charge < -0.3 is 14.2 Å². The van der Waals surface area contributed by atoms with Gasteiger partial charge in [-0.3, -0.25) is 0 Å². The van der Waals surface area contributed by atoms with Crippen LogP contribution < -0.4 is 0 Å². The fraction of sp³-hybridized carbons (Fsp3) is 0.750. The quantitative estimate of drug-likeness (QED) is 0.188. The van der Waals surface area contributed by atoms with Gasteiger partial charge in [-0.15, -0.1) is 0 Å². The Labute approximate surface area is 176 Å². The topological polar surface area (TPSA) is 27.7 Å². The monoisotopic (exact) mass is 414 g/mol. The number of hydrogen-bond donors (Lipinski definition) is 0. The van der Waals surface area contributed by atoms with E-state index in [1.165, 1.54) is 50.7 Å². The Hall–Kier alpha value is -1.04. The van der Waals surface area contributed by atoms with E-state index in [4.69, 9.17) is 14.2 Å². The van der Waals surface area contributed by atoms with Crippen molar-refractivity contribution in [1.29, 1.82) is 0 Å². The van der Waals surface area contributed by atoms with Crippen molar-refractivity contribution in [2.45, 2.75) is 104 Å². The Bertz CT molecular complexity index is 519. The van der Waals surface area contributed by atoms with Gasteiger partial charge in [0.1, 0.15) is 11.6 Å². The van der Waals surface area contributed by atoms with Gasteiger partial charge in [0, 0.05) is 19.3 Å². The van der Waals surface area contributed by atoms with Crippen molar-refractivity contribution >= 4 is 0 Å². The zero-order valence-electron chi connectivity index (χ0n) is 18.6. The number of unbranched alkanes of at least 4 members (excludes halogenated alkanes) is 6. The molecule has 1 rings (SSSR count). The van der Waals surface area contributed by atoms with Crippen molar-refractivity contribution in [3.63, 3.8) is 0 Å². The van der Waals surface area contributed by atoms with E-state index < -0.39 is 18.1 Å². The molecule has 29 heavy (non-hydrogen) atoms. The summed E-state index contributed by atoms with van der Waals surface area (Å²) in [6.07, 6.45) is 11.8. The number of benzene rings is 1. The fourth-order valence-electron chi connectivity index (χ4n) is 3.41. The molecule has 0 heterocycles. The minimum Gasteiger partial charge on any atom is -0.330 e. The van der Waals surface area contributed by atoms with E-state index in [0.717, 1.165) is 31.7 Å². The van der Waals surface area contributed by atoms with Crippen molar-refractivity contribution in [3.05, 3.63) is 35.4 Å². The number of ether oxygens (including phenoxy) is 3. The van der Waals surface area contributed by atoms with Crippen molar-refractivity contribution in [2.24, 2.45) is 0 Å². The fourth-order valence-corrected chi connectivity index (χ4v) is 3.41. The number of halogens is 2. The number of hydrogen-bond acceptors (Lipinski definition) is 3. The van der Waals surface area contributed by atoms with Crippen molar-refractivity contribution in [3.8, 4) is 0 Å². The molecule has 0 saturated heterocycles. The lowest BCUT2D eigenvalue weighted by Gasteiger charge is -2.24. The third kappa shape index (κ3) is 12.3. The predicted octanol–water partition coefficient (Wildman–Crippen LogP) is 7.17. The maximum Gasteiger partial charge on any atom is 0.271 e. The first-order chi connectivity index (χ1) is 14.1. The van der Waals surface area contributed by atoms with E-state index in [1.54, 1.807) is 0 Å². The van der Waals surface area contributed by atoms with Crippen molar-refractivity contribution in [2.75, 3.05) is 13.2 Å². The van der Waals surface area contributed by atoms with Crippen LogP contribution in [0.2, 0.25) is 0 Å². The summed E-state index contributed by atoms with van der Waals surface area (Å²) in [5.41, 5.74) is 0.548. The summed E-state index contributed by atoms with van der Waals surface area (Å²) in [6, 6.07) is 3.78. The SMILES string of the molecule is CCCCCCCCCC(CCCc1ccc(F)cc1F)OC(OCC)OCC. The molecular weight excluding hydrogens is 374 g/mol. The molecule has 0 fully saturated rings. The lowest BCUT2D eigenvalue weighted by atomic mass is 10.0. The van der Waals surface area contributed by atoms with Crippen molar-refractivity contribution < 1.29 is 23.0 Å². The van der Waals surface area contributed by atoms with Gasteiger partial charge in [-0.1, -0.05) is 57.9 Å². The molecule has 0 amide bonds. The molecule has 1 unspecified atom stereocenters. The second-order valence-corrected chi connectivity index (χ2v) is 7.50. The molecule has 168 valence electrons. The average molecular weight is 415 g/mol. The molecule has 0 aliphatic rings. The lowest BCUT2D eigenvalue weighted by Crippen LogP contribution is -2.27. The first kappa shape index (κ1) is 26.0. The Kier molecular flexibility index (Phi) is 15.0. The van der Waals surface area contributed by atoms with Gasteiger partial charge in [0.2, 0.25) is 0 Å². The molecule has 0 spiro atoms. The van der Waals surface area contributed by atoms with Gasteiger partial charge in [0.25, 0.3) is 6.48 Å². The van der Waals surface area contributed by atoms with Crippen LogP contribution in [0.15, 0.2) is 18.2 Å². The van der Waals surface area contributed by atoms with Gasteiger partial charge in [-0.05, 0) is 51.2 Å². The van der Waals surface area contributed by atoms with E-state index in [2.05, 4.69) is 6.92 Å². The standard InChI is InChI=1S/C24H40F2O3/c1-4-7-8-9-10-11-12-15-22(29-24(27-5-2)28-6-3)16-13-14-20-17-18-21(25)19-23(20)26/h17-19,22,24H,4-16H2,1-3H3. The zero-order valence-corrected chi connectivity index (χ0v) is 18.6. The molecule has 5 heteroatoms. The molecule has 0 saturated carbocycles. The minimum atomic E-state index is -0.651. The molecule has 1 aromatic carbocycles. The van der Waals surface area contributed by atoms with Crippen LogP contribution in [0.5, 0.6) is 0 Å². The van der Waals surface area contributed by atoms with Crippen LogP contribution in [0, 0.1) is 11.6 Å². The maximum atomic E-state index is 13.9. The molecule has 0 bridgehead atoms. The number of aryl methyl sites for hydroxylation is 1. The third-order valence-corrected chi connectivity index (χ3v) is 5.03. The summed E-state index contributed by atoms with van der Waals surface area (Å²) in [5, 5.41) is 0. The van der Waals surface area contributed by atoms with Gasteiger partial charge >= 0.3 is 0 Å². The molecular formula is C24H40F2O3. The van der Waals surface area contributed by atoms with Crippen LogP contribution in [0.1, 0.15) is 90.5 Å². The Morgan fingerprint density at radius 1 is 0.793 bits per heavy atom. The van der Waals surface area contributed by atoms with Crippen LogP contribution in [0.3, 0.4) is 0 Å². The van der Waals surface area contributed by atoms with E-state index in [0.29, 0.717) is 25.2 Å². The van der Waals surface area contributed by atoms with Gasteiger partial charge in [0.05, 0.1) is 6.10 Å². The van der Waals surface area contributed by atoms with Crippen LogP contribution in [-0.2, 0) is 20.6 Å². The van der Waals surface area contributed by atoms with Crippen LogP contribution in [0.4, 0.5) is 8.78 Å². The summed E-state index contributed by atoms with van der Waals surface area (Å²) in [5.74, 6) is -1.02. The molecule has 0 aliphatic carbocycles. The molecule has 3 nitrogen and oxygen atoms in total. The Balaban J connectivity index is 2.47. The maximum absolute atomic E-state index is 13.9. The summed E-state index contributed by atoms with van der Waals surface area (Å²) in [6.45, 7) is 6.45. The number of rotatable bonds is 18. The van der Waals surface area contributed by atoms with Gasteiger partial charge in [-0.2, -0.15) is 0 Å². The predicted molar refractivity (Wildman–Crippen MR) is 114 cm³/mol. The van der Waals surface area contributed by atoms with E-state index >= 15 is 0 Å². The summed E-state index contributed by atoms with van der Waals surface area (Å²) in [7, 11) is 0. The molecule has 0 N–H and O–H groups in total. The average Bonchev–Trinajstić information content (AvgIpc) is 2.69. The highest BCUT2D eigenvalue weighted by Crippen LogP contribution is 2.19. The van der Waals surface area contributed by atoms with E-state index in [9.17, 15) is 8.78 Å². The first-order valence-corrected chi connectivity index (χ1v) is 11.4. The highest BCUT2D eigenvalue weighted by molar-refractivity contribution is 5.18. The van der Waals surface area contributed by atoms with Crippen LogP contribution >= 0.6 is 0 Å². The molecule has 1 atom stereocenters. The summed E-state index contributed by atoms with van der Waals surface area (Å²) in [4.78, 5) is 0. The van der Waals surface area contributed by atoms with E-state index in [-0.39, 0.29) is 6.10 Å². The zero-order chi connectivity index (χ0) is 21.3. The first-order valence-electron chi connectivity index (χ1n) is 11.4. The van der Waals surface area contributed by atoms with Gasteiger partial charge in [0.15, 0.2) is 0 Å². The smallest absolute Gasteiger partial charge is 0.271 e. The van der Waals surface area contributed by atoms with Crippen LogP contribution in [-0.4, -0.2) is 25.8 Å². The minimum absolute atomic E-state index is 0.0113. The molecule has 0 aromatic heterocycles. The van der Waals surface area contributed by atoms with Crippen molar-refractivity contribution in [1.82, 2.24) is 0 Å².